The van der Waals surface area contributed by atoms with Gasteiger partial charge in [-0.1, -0.05) is 13.0 Å². The lowest BCUT2D eigenvalue weighted by molar-refractivity contribution is -0.0158. The smallest absolute Gasteiger partial charge is 0.258 e. The van der Waals surface area contributed by atoms with Crippen LogP contribution in [-0.2, 0) is 4.74 Å². The maximum absolute atomic E-state index is 13.3. The Labute approximate surface area is 148 Å². The largest absolute Gasteiger partial charge is 0.486 e. The minimum atomic E-state index is 0.0462. The van der Waals surface area contributed by atoms with E-state index in [1.165, 1.54) is 0 Å². The van der Waals surface area contributed by atoms with Crippen molar-refractivity contribution in [2.24, 2.45) is 5.92 Å². The van der Waals surface area contributed by atoms with E-state index < -0.39 is 0 Å². The van der Waals surface area contributed by atoms with Crippen LogP contribution in [0.2, 0.25) is 0 Å². The first-order chi connectivity index (χ1) is 12.2. The zero-order chi connectivity index (χ0) is 17.4. The summed E-state index contributed by atoms with van der Waals surface area (Å²) in [5.41, 5.74) is 0.613. The molecule has 3 aliphatic heterocycles. The summed E-state index contributed by atoms with van der Waals surface area (Å²) in [6.07, 6.45) is 1.11. The lowest BCUT2D eigenvalue weighted by Gasteiger charge is -2.41. The highest BCUT2D eigenvalue weighted by Crippen LogP contribution is 2.37. The van der Waals surface area contributed by atoms with Gasteiger partial charge < -0.3 is 24.0 Å². The van der Waals surface area contributed by atoms with Crippen molar-refractivity contribution in [2.75, 3.05) is 46.5 Å². The highest BCUT2D eigenvalue weighted by Gasteiger charge is 2.46. The van der Waals surface area contributed by atoms with Gasteiger partial charge >= 0.3 is 0 Å². The van der Waals surface area contributed by atoms with Gasteiger partial charge in [0.25, 0.3) is 5.91 Å². The summed E-state index contributed by atoms with van der Waals surface area (Å²) in [6, 6.07) is 5.78. The number of para-hydroxylation sites is 1. The van der Waals surface area contributed by atoms with Crippen LogP contribution in [0.3, 0.4) is 0 Å². The van der Waals surface area contributed by atoms with E-state index in [1.807, 2.05) is 23.1 Å². The van der Waals surface area contributed by atoms with E-state index in [2.05, 4.69) is 11.8 Å². The van der Waals surface area contributed by atoms with Gasteiger partial charge in [0.15, 0.2) is 11.5 Å². The van der Waals surface area contributed by atoms with Gasteiger partial charge in [-0.2, -0.15) is 0 Å². The van der Waals surface area contributed by atoms with Gasteiger partial charge in [0.2, 0.25) is 0 Å². The standard InChI is InChI=1S/C19H26N2O4/c1-3-20-11-14-15(12-20)21(8-7-16(14)23-2)19(22)13-5-4-6-17-18(13)25-10-9-24-17/h4-6,14-16H,3,7-12H2,1-2H3/t14-,15+,16-/m1/s1. The third-order valence-corrected chi connectivity index (χ3v) is 5.75. The average molecular weight is 346 g/mol. The van der Waals surface area contributed by atoms with Gasteiger partial charge in [-0.3, -0.25) is 4.79 Å². The van der Waals surface area contributed by atoms with Crippen molar-refractivity contribution >= 4 is 5.91 Å². The number of piperidine rings is 1. The lowest BCUT2D eigenvalue weighted by Crippen LogP contribution is -2.53. The number of amides is 1. The number of ether oxygens (including phenoxy) is 3. The van der Waals surface area contributed by atoms with Crippen LogP contribution >= 0.6 is 0 Å². The molecule has 4 rings (SSSR count). The number of likely N-dealkylation sites (tertiary alicyclic amines) is 2. The third kappa shape index (κ3) is 2.87. The molecular weight excluding hydrogens is 320 g/mol. The number of nitrogens with zero attached hydrogens (tertiary/aromatic N) is 2. The summed E-state index contributed by atoms with van der Waals surface area (Å²) >= 11 is 0. The fourth-order valence-corrected chi connectivity index (χ4v) is 4.44. The second kappa shape index (κ2) is 6.84. The van der Waals surface area contributed by atoms with Crippen LogP contribution in [0.15, 0.2) is 18.2 Å². The van der Waals surface area contributed by atoms with Gasteiger partial charge in [-0.05, 0) is 25.1 Å². The van der Waals surface area contributed by atoms with Gasteiger partial charge in [-0.25, -0.2) is 0 Å². The summed E-state index contributed by atoms with van der Waals surface area (Å²) in [4.78, 5) is 17.8. The maximum Gasteiger partial charge on any atom is 0.258 e. The Kier molecular flexibility index (Phi) is 4.56. The fraction of sp³-hybridized carbons (Fsp3) is 0.632. The summed E-state index contributed by atoms with van der Waals surface area (Å²) in [5, 5.41) is 0. The number of methoxy groups -OCH3 is 1. The Bertz CT molecular complexity index is 650. The Morgan fingerprint density at radius 2 is 2.12 bits per heavy atom. The quantitative estimate of drug-likeness (QED) is 0.833. The van der Waals surface area contributed by atoms with Crippen LogP contribution in [-0.4, -0.2) is 74.4 Å². The normalized spacial score (nSPS) is 28.7. The van der Waals surface area contributed by atoms with Crippen LogP contribution < -0.4 is 9.47 Å². The minimum Gasteiger partial charge on any atom is -0.486 e. The van der Waals surface area contributed by atoms with E-state index in [1.54, 1.807) is 7.11 Å². The minimum absolute atomic E-state index is 0.0462. The van der Waals surface area contributed by atoms with Crippen molar-refractivity contribution in [3.05, 3.63) is 23.8 Å². The molecule has 0 N–H and O–H groups in total. The molecule has 0 saturated carbocycles. The second-order valence-corrected chi connectivity index (χ2v) is 6.97. The first kappa shape index (κ1) is 16.7. The summed E-state index contributed by atoms with van der Waals surface area (Å²) in [5.74, 6) is 1.68. The molecule has 3 heterocycles. The molecule has 0 unspecified atom stereocenters. The molecule has 1 aromatic carbocycles. The zero-order valence-electron chi connectivity index (χ0n) is 14.9. The fourth-order valence-electron chi connectivity index (χ4n) is 4.44. The molecule has 25 heavy (non-hydrogen) atoms. The molecule has 0 aromatic heterocycles. The number of hydrogen-bond acceptors (Lipinski definition) is 5. The topological polar surface area (TPSA) is 51.2 Å². The first-order valence-corrected chi connectivity index (χ1v) is 9.17. The number of likely N-dealkylation sites (N-methyl/N-ethyl adjacent to an activating group) is 1. The molecule has 1 amide bonds. The monoisotopic (exact) mass is 346 g/mol. The molecule has 0 spiro atoms. The van der Waals surface area contributed by atoms with Gasteiger partial charge in [0.05, 0.1) is 17.7 Å². The first-order valence-electron chi connectivity index (χ1n) is 9.17. The van der Waals surface area contributed by atoms with E-state index in [-0.39, 0.29) is 18.1 Å². The highest BCUT2D eigenvalue weighted by atomic mass is 16.6. The maximum atomic E-state index is 13.3. The average Bonchev–Trinajstić information content (AvgIpc) is 3.10. The molecule has 0 radical (unpaired) electrons. The van der Waals surface area contributed by atoms with Crippen LogP contribution in [0, 0.1) is 5.92 Å². The number of benzene rings is 1. The highest BCUT2D eigenvalue weighted by molar-refractivity contribution is 5.98. The third-order valence-electron chi connectivity index (χ3n) is 5.75. The van der Waals surface area contributed by atoms with E-state index in [4.69, 9.17) is 14.2 Å². The van der Waals surface area contributed by atoms with Crippen LogP contribution in [0.5, 0.6) is 11.5 Å². The molecule has 6 heteroatoms. The van der Waals surface area contributed by atoms with Crippen LogP contribution in [0.4, 0.5) is 0 Å². The molecule has 1 aromatic rings. The van der Waals surface area contributed by atoms with Crippen LogP contribution in [0.25, 0.3) is 0 Å². The molecule has 136 valence electrons. The Hall–Kier alpha value is -1.79. The van der Waals surface area contributed by atoms with Crippen LogP contribution in [0.1, 0.15) is 23.7 Å². The molecular formula is C19H26N2O4. The molecule has 0 bridgehead atoms. The Morgan fingerprint density at radius 3 is 2.92 bits per heavy atom. The Morgan fingerprint density at radius 1 is 1.28 bits per heavy atom. The summed E-state index contributed by atoms with van der Waals surface area (Å²) < 4.78 is 17.1. The number of carbonyl (C=O) groups excluding carboxylic acids is 1. The van der Waals surface area contributed by atoms with Crippen molar-refractivity contribution in [1.82, 2.24) is 9.80 Å². The van der Waals surface area contributed by atoms with Crippen molar-refractivity contribution < 1.29 is 19.0 Å². The molecule has 2 saturated heterocycles. The van der Waals surface area contributed by atoms with E-state index >= 15 is 0 Å². The van der Waals surface area contributed by atoms with Gasteiger partial charge in [0, 0.05) is 32.7 Å². The zero-order valence-corrected chi connectivity index (χ0v) is 14.9. The predicted molar refractivity (Wildman–Crippen MR) is 93.3 cm³/mol. The SMILES string of the molecule is CCN1C[C@H]2[C@H](OC)CCN(C(=O)c3cccc4c3OCCO4)[C@H]2C1. The molecule has 3 atom stereocenters. The molecule has 2 fully saturated rings. The van der Waals surface area contributed by atoms with Gasteiger partial charge in [0.1, 0.15) is 13.2 Å². The van der Waals surface area contributed by atoms with Crippen molar-refractivity contribution in [2.45, 2.75) is 25.5 Å². The second-order valence-electron chi connectivity index (χ2n) is 6.97. The predicted octanol–water partition coefficient (Wildman–Crippen LogP) is 1.64. The van der Waals surface area contributed by atoms with Crippen molar-refractivity contribution in [1.29, 1.82) is 0 Å². The van der Waals surface area contributed by atoms with E-state index in [0.717, 1.165) is 32.6 Å². The number of rotatable bonds is 3. The van der Waals surface area contributed by atoms with E-state index in [0.29, 0.717) is 36.2 Å². The summed E-state index contributed by atoms with van der Waals surface area (Å²) in [7, 11) is 1.78. The Balaban J connectivity index is 1.62. The van der Waals surface area contributed by atoms with Crippen molar-refractivity contribution in [3.8, 4) is 11.5 Å². The number of hydrogen-bond donors (Lipinski definition) is 0. The number of carbonyl (C=O) groups is 1. The number of fused-ring (bicyclic) bond motifs is 2. The lowest BCUT2D eigenvalue weighted by atomic mass is 9.88. The van der Waals surface area contributed by atoms with Crippen molar-refractivity contribution in [3.63, 3.8) is 0 Å². The molecule has 6 nitrogen and oxygen atoms in total. The van der Waals surface area contributed by atoms with E-state index in [9.17, 15) is 4.79 Å². The molecule has 0 aliphatic carbocycles. The summed E-state index contributed by atoms with van der Waals surface area (Å²) in [6.45, 7) is 6.82. The molecule has 3 aliphatic rings. The van der Waals surface area contributed by atoms with Gasteiger partial charge in [-0.15, -0.1) is 0 Å².